The SMILES string of the molecule is CCCCCCCCC(CCCCCC)CCCC1CCN(CCSSCCN2CCC(CCOC(=O)CCC(=O)OCC(CCCCCC)CCCCCCCC)CC2)CC1. The Labute approximate surface area is 394 Å². The van der Waals surface area contributed by atoms with Crippen molar-refractivity contribution in [3.63, 3.8) is 0 Å². The maximum atomic E-state index is 12.5. The van der Waals surface area contributed by atoms with Crippen LogP contribution in [-0.4, -0.2) is 85.7 Å². The minimum Gasteiger partial charge on any atom is -0.466 e. The lowest BCUT2D eigenvalue weighted by Gasteiger charge is -2.32. The number of rotatable bonds is 43. The molecule has 0 aliphatic carbocycles. The lowest BCUT2D eigenvalue weighted by molar-refractivity contribution is -0.151. The summed E-state index contributed by atoms with van der Waals surface area (Å²) in [5.74, 6) is 4.97. The number of nitrogens with zero attached hydrogens (tertiary/aromatic N) is 2. The van der Waals surface area contributed by atoms with E-state index in [-0.39, 0.29) is 24.8 Å². The molecule has 2 aliphatic rings. The van der Waals surface area contributed by atoms with Gasteiger partial charge < -0.3 is 19.3 Å². The van der Waals surface area contributed by atoms with Crippen LogP contribution in [0.15, 0.2) is 0 Å². The molecule has 2 saturated heterocycles. The molecule has 2 aliphatic heterocycles. The molecule has 2 rings (SSSR count). The summed E-state index contributed by atoms with van der Waals surface area (Å²) < 4.78 is 11.2. The third-order valence-corrected chi connectivity index (χ3v) is 16.7. The van der Waals surface area contributed by atoms with Crippen LogP contribution in [0.5, 0.6) is 0 Å². The number of unbranched alkanes of at least 4 members (excludes halogenated alkanes) is 16. The molecule has 366 valence electrons. The monoisotopic (exact) mass is 909 g/mol. The number of likely N-dealkylation sites (tertiary alicyclic amines) is 2. The van der Waals surface area contributed by atoms with Gasteiger partial charge in [-0.25, -0.2) is 0 Å². The summed E-state index contributed by atoms with van der Waals surface area (Å²) in [5.41, 5.74) is 0. The van der Waals surface area contributed by atoms with Crippen LogP contribution >= 0.6 is 21.6 Å². The first-order valence-electron chi connectivity index (χ1n) is 27.5. The van der Waals surface area contributed by atoms with Crippen molar-refractivity contribution in [3.8, 4) is 0 Å². The minimum atomic E-state index is -0.262. The maximum absolute atomic E-state index is 12.5. The highest BCUT2D eigenvalue weighted by Crippen LogP contribution is 2.29. The van der Waals surface area contributed by atoms with Gasteiger partial charge in [-0.05, 0) is 94.8 Å². The molecule has 2 fully saturated rings. The van der Waals surface area contributed by atoms with Crippen LogP contribution in [-0.2, 0) is 19.1 Å². The molecule has 0 spiro atoms. The number of esters is 2. The number of carbonyl (C=O) groups excluding carboxylic acids is 2. The predicted molar refractivity (Wildman–Crippen MR) is 273 cm³/mol. The lowest BCUT2D eigenvalue weighted by Crippen LogP contribution is -2.35. The topological polar surface area (TPSA) is 59.1 Å². The van der Waals surface area contributed by atoms with Crippen LogP contribution in [0.2, 0.25) is 0 Å². The van der Waals surface area contributed by atoms with Crippen LogP contribution in [0.4, 0.5) is 0 Å². The van der Waals surface area contributed by atoms with E-state index in [4.69, 9.17) is 9.47 Å². The highest BCUT2D eigenvalue weighted by Gasteiger charge is 2.22. The molecule has 0 amide bonds. The zero-order chi connectivity index (χ0) is 44.6. The van der Waals surface area contributed by atoms with E-state index in [1.807, 2.05) is 0 Å². The van der Waals surface area contributed by atoms with E-state index in [0.29, 0.717) is 25.0 Å². The van der Waals surface area contributed by atoms with Crippen molar-refractivity contribution in [1.29, 1.82) is 0 Å². The van der Waals surface area contributed by atoms with E-state index in [1.165, 1.54) is 224 Å². The molecule has 2 atom stereocenters. The first-order chi connectivity index (χ1) is 30.5. The van der Waals surface area contributed by atoms with E-state index in [2.05, 4.69) is 59.1 Å². The van der Waals surface area contributed by atoms with E-state index in [9.17, 15) is 9.59 Å². The van der Waals surface area contributed by atoms with Crippen molar-refractivity contribution >= 4 is 33.5 Å². The third-order valence-electron chi connectivity index (χ3n) is 14.4. The van der Waals surface area contributed by atoms with Crippen molar-refractivity contribution in [2.24, 2.45) is 23.7 Å². The average Bonchev–Trinajstić information content (AvgIpc) is 3.28. The fourth-order valence-electron chi connectivity index (χ4n) is 9.93. The molecule has 2 unspecified atom stereocenters. The average molecular weight is 910 g/mol. The number of carbonyl (C=O) groups is 2. The largest absolute Gasteiger partial charge is 0.466 e. The molecule has 0 aromatic heterocycles. The summed E-state index contributed by atoms with van der Waals surface area (Å²) in [4.78, 5) is 30.3. The Morgan fingerprint density at radius 2 is 0.839 bits per heavy atom. The Hall–Kier alpha value is -0.440. The quantitative estimate of drug-likeness (QED) is 0.0341. The molecule has 0 saturated carbocycles. The predicted octanol–water partition coefficient (Wildman–Crippen LogP) is 15.9. The van der Waals surface area contributed by atoms with Crippen LogP contribution < -0.4 is 0 Å². The Morgan fingerprint density at radius 1 is 0.468 bits per heavy atom. The fourth-order valence-corrected chi connectivity index (χ4v) is 12.0. The van der Waals surface area contributed by atoms with E-state index in [1.54, 1.807) is 0 Å². The standard InChI is InChI=1S/C54H104N2O4S2/c1-5-9-13-17-19-23-27-49(26-21-15-11-7-3)30-25-31-50-34-39-55(40-35-50)43-46-61-62-47-44-56-41-36-51(37-42-56)38-45-59-53(57)32-33-54(58)60-48-52(28-22-16-12-8-4)29-24-20-18-14-10-6-2/h49-52H,5-48H2,1-4H3. The van der Waals surface area contributed by atoms with Gasteiger partial charge in [0.15, 0.2) is 0 Å². The van der Waals surface area contributed by atoms with Gasteiger partial charge in [0.1, 0.15) is 0 Å². The van der Waals surface area contributed by atoms with Crippen molar-refractivity contribution in [2.75, 3.05) is 64.0 Å². The van der Waals surface area contributed by atoms with Gasteiger partial charge in [0.2, 0.25) is 0 Å². The van der Waals surface area contributed by atoms with Gasteiger partial charge in [0.05, 0.1) is 26.1 Å². The van der Waals surface area contributed by atoms with Crippen LogP contribution in [0.25, 0.3) is 0 Å². The summed E-state index contributed by atoms with van der Waals surface area (Å²) in [6.45, 7) is 17.5. The lowest BCUT2D eigenvalue weighted by atomic mass is 9.86. The van der Waals surface area contributed by atoms with E-state index >= 15 is 0 Å². The van der Waals surface area contributed by atoms with Crippen molar-refractivity contribution in [1.82, 2.24) is 9.80 Å². The summed E-state index contributed by atoms with van der Waals surface area (Å²) in [7, 11) is 4.14. The highest BCUT2D eigenvalue weighted by molar-refractivity contribution is 8.76. The Bertz CT molecular complexity index is 1000. The fraction of sp³-hybridized carbons (Fsp3) is 0.963. The zero-order valence-electron chi connectivity index (χ0n) is 41.8. The molecule has 0 radical (unpaired) electrons. The number of ether oxygens (including phenoxy) is 2. The second-order valence-electron chi connectivity index (χ2n) is 19.9. The summed E-state index contributed by atoms with van der Waals surface area (Å²) in [6.07, 6.45) is 43.2. The molecule has 0 bridgehead atoms. The van der Waals surface area contributed by atoms with E-state index in [0.717, 1.165) is 44.2 Å². The Kier molecular flexibility index (Phi) is 39.0. The van der Waals surface area contributed by atoms with Crippen LogP contribution in [0.1, 0.15) is 246 Å². The van der Waals surface area contributed by atoms with Gasteiger partial charge in [0.25, 0.3) is 0 Å². The second kappa shape index (κ2) is 42.0. The molecular weight excluding hydrogens is 805 g/mol. The number of piperidine rings is 2. The van der Waals surface area contributed by atoms with Gasteiger partial charge in [0, 0.05) is 24.6 Å². The van der Waals surface area contributed by atoms with Gasteiger partial charge in [-0.2, -0.15) is 0 Å². The molecule has 0 N–H and O–H groups in total. The summed E-state index contributed by atoms with van der Waals surface area (Å²) in [5, 5.41) is 0. The first-order valence-corrected chi connectivity index (χ1v) is 30.0. The first kappa shape index (κ1) is 57.7. The molecule has 6 nitrogen and oxygen atoms in total. The highest BCUT2D eigenvalue weighted by atomic mass is 33.1. The smallest absolute Gasteiger partial charge is 0.306 e. The molecule has 8 heteroatoms. The summed E-state index contributed by atoms with van der Waals surface area (Å²) >= 11 is 0. The maximum Gasteiger partial charge on any atom is 0.306 e. The number of hydrogen-bond donors (Lipinski definition) is 0. The van der Waals surface area contributed by atoms with Gasteiger partial charge in [-0.3, -0.25) is 9.59 Å². The molecule has 62 heavy (non-hydrogen) atoms. The second-order valence-corrected chi connectivity index (χ2v) is 22.6. The van der Waals surface area contributed by atoms with Crippen molar-refractivity contribution in [2.45, 2.75) is 246 Å². The third kappa shape index (κ3) is 33.1. The van der Waals surface area contributed by atoms with E-state index < -0.39 is 0 Å². The van der Waals surface area contributed by atoms with Gasteiger partial charge >= 0.3 is 11.9 Å². The van der Waals surface area contributed by atoms with Crippen molar-refractivity contribution in [3.05, 3.63) is 0 Å². The molecule has 0 aromatic carbocycles. The molecular formula is C54H104N2O4S2. The summed E-state index contributed by atoms with van der Waals surface area (Å²) in [6, 6.07) is 0. The number of hydrogen-bond acceptors (Lipinski definition) is 8. The van der Waals surface area contributed by atoms with Crippen LogP contribution in [0.3, 0.4) is 0 Å². The Morgan fingerprint density at radius 3 is 1.31 bits per heavy atom. The molecule has 0 aromatic rings. The van der Waals surface area contributed by atoms with Gasteiger partial charge in [-0.15, -0.1) is 0 Å². The zero-order valence-corrected chi connectivity index (χ0v) is 43.4. The van der Waals surface area contributed by atoms with Gasteiger partial charge in [-0.1, -0.05) is 210 Å². The minimum absolute atomic E-state index is 0.128. The molecule has 2 heterocycles. The normalized spacial score (nSPS) is 16.8. The van der Waals surface area contributed by atoms with Crippen LogP contribution in [0, 0.1) is 23.7 Å². The van der Waals surface area contributed by atoms with Crippen molar-refractivity contribution < 1.29 is 19.1 Å². The Balaban J connectivity index is 1.45.